The van der Waals surface area contributed by atoms with Gasteiger partial charge in [-0.05, 0) is 13.3 Å². The lowest BCUT2D eigenvalue weighted by Crippen LogP contribution is -2.36. The molecule has 1 aliphatic rings. The normalized spacial score (nSPS) is 29.3. The Morgan fingerprint density at radius 2 is 2.00 bits per heavy atom. The number of carbonyl (C=O) groups excluding carboxylic acids is 1. The molecule has 0 aromatic rings. The van der Waals surface area contributed by atoms with Crippen LogP contribution < -0.4 is 0 Å². The van der Waals surface area contributed by atoms with Crippen LogP contribution in [0.25, 0.3) is 0 Å². The third kappa shape index (κ3) is 1.25. The maximum absolute atomic E-state index is 11.5. The van der Waals surface area contributed by atoms with Crippen LogP contribution in [0.2, 0.25) is 0 Å². The molecule has 0 heterocycles. The van der Waals surface area contributed by atoms with Crippen LogP contribution in [0.15, 0.2) is 11.3 Å². The largest absolute Gasteiger partial charge is 0.509 e. The maximum atomic E-state index is 11.5. The third-order valence-corrected chi connectivity index (χ3v) is 2.36. The molecule has 0 amide bonds. The van der Waals surface area contributed by atoms with Gasteiger partial charge in [-0.15, -0.1) is 0 Å². The summed E-state index contributed by atoms with van der Waals surface area (Å²) in [7, 11) is 0. The molecule has 68 valence electrons. The summed E-state index contributed by atoms with van der Waals surface area (Å²) in [6, 6.07) is 0. The number of aliphatic hydroxyl groups is 2. The Kier molecular flexibility index (Phi) is 2.00. The molecule has 1 atom stereocenters. The zero-order chi connectivity index (χ0) is 9.52. The highest BCUT2D eigenvalue weighted by Gasteiger charge is 2.38. The fraction of sp³-hybridized carbons (Fsp3) is 0.667. The molecule has 12 heavy (non-hydrogen) atoms. The molecular formula is C9H14O3. The summed E-state index contributed by atoms with van der Waals surface area (Å²) >= 11 is 0. The molecule has 0 fully saturated rings. The van der Waals surface area contributed by atoms with Crippen molar-refractivity contribution in [3.8, 4) is 0 Å². The van der Waals surface area contributed by atoms with Crippen LogP contribution in [0.5, 0.6) is 0 Å². The van der Waals surface area contributed by atoms with Gasteiger partial charge in [0.15, 0.2) is 5.78 Å². The van der Waals surface area contributed by atoms with E-state index < -0.39 is 11.5 Å². The van der Waals surface area contributed by atoms with E-state index in [0.29, 0.717) is 12.0 Å². The molecule has 0 radical (unpaired) electrons. The van der Waals surface area contributed by atoms with E-state index in [-0.39, 0.29) is 11.5 Å². The standard InChI is InChI=1S/C9H14O3/c1-5-7(11)6(10)4-9(2,3)8(5)12/h6,10-11H,4H2,1-3H3. The molecule has 1 unspecified atom stereocenters. The molecular weight excluding hydrogens is 156 g/mol. The SMILES string of the molecule is CC1=C(O)C(O)CC(C)(C)C1=O. The first-order valence-electron chi connectivity index (χ1n) is 3.99. The summed E-state index contributed by atoms with van der Waals surface area (Å²) in [6.07, 6.45) is -0.577. The fourth-order valence-corrected chi connectivity index (χ4v) is 1.55. The second-order valence-electron chi connectivity index (χ2n) is 3.94. The van der Waals surface area contributed by atoms with Crippen LogP contribution in [-0.4, -0.2) is 22.1 Å². The summed E-state index contributed by atoms with van der Waals surface area (Å²) in [5.74, 6) is -0.246. The molecule has 2 N–H and O–H groups in total. The van der Waals surface area contributed by atoms with Crippen LogP contribution in [-0.2, 0) is 4.79 Å². The van der Waals surface area contributed by atoms with Crippen LogP contribution >= 0.6 is 0 Å². The molecule has 0 spiro atoms. The zero-order valence-electron chi connectivity index (χ0n) is 7.59. The number of ketones is 1. The Hall–Kier alpha value is -0.830. The van der Waals surface area contributed by atoms with Crippen LogP contribution in [0.3, 0.4) is 0 Å². The van der Waals surface area contributed by atoms with Crippen LogP contribution in [0.1, 0.15) is 27.2 Å². The predicted molar refractivity (Wildman–Crippen MR) is 44.7 cm³/mol. The van der Waals surface area contributed by atoms with E-state index in [1.165, 1.54) is 0 Å². The molecule has 3 nitrogen and oxygen atoms in total. The van der Waals surface area contributed by atoms with Crippen molar-refractivity contribution in [2.75, 3.05) is 0 Å². The van der Waals surface area contributed by atoms with E-state index >= 15 is 0 Å². The van der Waals surface area contributed by atoms with Gasteiger partial charge < -0.3 is 10.2 Å². The minimum atomic E-state index is -0.877. The van der Waals surface area contributed by atoms with Crippen molar-refractivity contribution in [2.45, 2.75) is 33.3 Å². The van der Waals surface area contributed by atoms with Gasteiger partial charge in [0.2, 0.25) is 0 Å². The first kappa shape index (κ1) is 9.26. The second kappa shape index (κ2) is 2.59. The Bertz CT molecular complexity index is 250. The van der Waals surface area contributed by atoms with E-state index in [1.807, 2.05) is 0 Å². The number of aliphatic hydroxyl groups excluding tert-OH is 2. The quantitative estimate of drug-likeness (QED) is 0.574. The minimum Gasteiger partial charge on any atom is -0.509 e. The van der Waals surface area contributed by atoms with Crippen molar-refractivity contribution < 1.29 is 15.0 Å². The molecule has 0 saturated carbocycles. The van der Waals surface area contributed by atoms with Crippen molar-refractivity contribution in [1.29, 1.82) is 0 Å². The number of hydrogen-bond acceptors (Lipinski definition) is 3. The Balaban J connectivity index is 3.10. The van der Waals surface area contributed by atoms with Gasteiger partial charge in [0.05, 0.1) is 0 Å². The summed E-state index contributed by atoms with van der Waals surface area (Å²) in [6.45, 7) is 5.09. The van der Waals surface area contributed by atoms with Crippen molar-refractivity contribution >= 4 is 5.78 Å². The number of carbonyl (C=O) groups is 1. The van der Waals surface area contributed by atoms with Gasteiger partial charge in [0.1, 0.15) is 11.9 Å². The van der Waals surface area contributed by atoms with E-state index in [2.05, 4.69) is 0 Å². The molecule has 1 aliphatic carbocycles. The molecule has 0 saturated heterocycles. The average Bonchev–Trinajstić information content (AvgIpc) is 1.97. The highest BCUT2D eigenvalue weighted by molar-refractivity contribution is 6.00. The number of rotatable bonds is 0. The van der Waals surface area contributed by atoms with E-state index in [0.717, 1.165) is 0 Å². The van der Waals surface area contributed by atoms with E-state index in [9.17, 15) is 15.0 Å². The fourth-order valence-electron chi connectivity index (χ4n) is 1.55. The zero-order valence-corrected chi connectivity index (χ0v) is 7.59. The van der Waals surface area contributed by atoms with Gasteiger partial charge in [-0.25, -0.2) is 0 Å². The molecule has 1 rings (SSSR count). The summed E-state index contributed by atoms with van der Waals surface area (Å²) in [5.41, 5.74) is -0.255. The third-order valence-electron chi connectivity index (χ3n) is 2.36. The summed E-state index contributed by atoms with van der Waals surface area (Å²) < 4.78 is 0. The second-order valence-corrected chi connectivity index (χ2v) is 3.94. The van der Waals surface area contributed by atoms with Crippen LogP contribution in [0.4, 0.5) is 0 Å². The topological polar surface area (TPSA) is 57.5 Å². The Labute approximate surface area is 71.7 Å². The van der Waals surface area contributed by atoms with Crippen molar-refractivity contribution in [3.63, 3.8) is 0 Å². The Morgan fingerprint density at radius 1 is 1.50 bits per heavy atom. The number of Topliss-reactive ketones (excluding diaryl/α,β-unsaturated/α-hetero) is 1. The molecule has 0 aromatic carbocycles. The van der Waals surface area contributed by atoms with E-state index in [1.54, 1.807) is 20.8 Å². The van der Waals surface area contributed by atoms with Gasteiger partial charge >= 0.3 is 0 Å². The average molecular weight is 170 g/mol. The van der Waals surface area contributed by atoms with Gasteiger partial charge in [-0.3, -0.25) is 4.79 Å². The van der Waals surface area contributed by atoms with Gasteiger partial charge in [-0.1, -0.05) is 13.8 Å². The van der Waals surface area contributed by atoms with Crippen molar-refractivity contribution in [2.24, 2.45) is 5.41 Å². The first-order valence-corrected chi connectivity index (χ1v) is 3.99. The highest BCUT2D eigenvalue weighted by atomic mass is 16.3. The monoisotopic (exact) mass is 170 g/mol. The molecule has 0 bridgehead atoms. The van der Waals surface area contributed by atoms with Gasteiger partial charge in [-0.2, -0.15) is 0 Å². The summed E-state index contributed by atoms with van der Waals surface area (Å²) in [5, 5.41) is 18.6. The van der Waals surface area contributed by atoms with Crippen molar-refractivity contribution in [3.05, 3.63) is 11.3 Å². The highest BCUT2D eigenvalue weighted by Crippen LogP contribution is 2.34. The number of hydrogen-bond donors (Lipinski definition) is 2. The van der Waals surface area contributed by atoms with Gasteiger partial charge in [0, 0.05) is 11.0 Å². The lowest BCUT2D eigenvalue weighted by molar-refractivity contribution is -0.126. The Morgan fingerprint density at radius 3 is 2.50 bits per heavy atom. The van der Waals surface area contributed by atoms with E-state index in [4.69, 9.17) is 0 Å². The molecule has 0 aliphatic heterocycles. The number of allylic oxidation sites excluding steroid dienone is 1. The first-order chi connectivity index (χ1) is 5.36. The van der Waals surface area contributed by atoms with Crippen LogP contribution in [0, 0.1) is 5.41 Å². The molecule has 0 aromatic heterocycles. The maximum Gasteiger partial charge on any atom is 0.167 e. The van der Waals surface area contributed by atoms with Gasteiger partial charge in [0.25, 0.3) is 0 Å². The molecule has 3 heteroatoms. The lowest BCUT2D eigenvalue weighted by atomic mass is 9.74. The van der Waals surface area contributed by atoms with Crippen molar-refractivity contribution in [1.82, 2.24) is 0 Å². The predicted octanol–water partition coefficient (Wildman–Crippen LogP) is 1.18. The summed E-state index contributed by atoms with van der Waals surface area (Å²) in [4.78, 5) is 11.5. The smallest absolute Gasteiger partial charge is 0.167 e. The lowest BCUT2D eigenvalue weighted by Gasteiger charge is -2.31. The minimum absolute atomic E-state index is 0.0784.